The van der Waals surface area contributed by atoms with E-state index in [0.29, 0.717) is 30.0 Å². The topological polar surface area (TPSA) is 55.1 Å². The van der Waals surface area contributed by atoms with Gasteiger partial charge >= 0.3 is 0 Å². The van der Waals surface area contributed by atoms with E-state index < -0.39 is 0 Å². The zero-order chi connectivity index (χ0) is 13.8. The van der Waals surface area contributed by atoms with Gasteiger partial charge in [-0.15, -0.1) is 0 Å². The molecule has 0 saturated heterocycles. The summed E-state index contributed by atoms with van der Waals surface area (Å²) in [6.07, 6.45) is 3.85. The van der Waals surface area contributed by atoms with Crippen molar-refractivity contribution >= 4 is 11.6 Å². The van der Waals surface area contributed by atoms with Crippen molar-refractivity contribution in [3.8, 4) is 0 Å². The smallest absolute Gasteiger partial charge is 0.224 e. The van der Waals surface area contributed by atoms with Gasteiger partial charge in [-0.2, -0.15) is 0 Å². The summed E-state index contributed by atoms with van der Waals surface area (Å²) in [5, 5.41) is 3.16. The highest BCUT2D eigenvalue weighted by Gasteiger charge is 2.25. The van der Waals surface area contributed by atoms with Gasteiger partial charge in [-0.25, -0.2) is 0 Å². The molecule has 0 spiro atoms. The highest BCUT2D eigenvalue weighted by atomic mass is 16.1. The number of nitrogens with one attached hydrogen (secondary N) is 1. The summed E-state index contributed by atoms with van der Waals surface area (Å²) in [7, 11) is 0. The number of amides is 1. The molecule has 2 unspecified atom stereocenters. The predicted octanol–water partition coefficient (Wildman–Crippen LogP) is 2.75. The van der Waals surface area contributed by atoms with Crippen LogP contribution in [0.3, 0.4) is 0 Å². The third-order valence-corrected chi connectivity index (χ3v) is 3.95. The van der Waals surface area contributed by atoms with Crippen LogP contribution >= 0.6 is 0 Å². The van der Waals surface area contributed by atoms with Crippen LogP contribution in [0.5, 0.6) is 0 Å². The number of benzene rings is 1. The van der Waals surface area contributed by atoms with Crippen LogP contribution in [0.2, 0.25) is 0 Å². The molecule has 1 amide bonds. The molecule has 1 aliphatic rings. The first-order chi connectivity index (χ1) is 9.04. The number of hydrogen-bond donors (Lipinski definition) is 2. The molecule has 0 bridgehead atoms. The molecule has 2 rings (SSSR count). The zero-order valence-electron chi connectivity index (χ0n) is 11.9. The van der Waals surface area contributed by atoms with Gasteiger partial charge in [0.15, 0.2) is 0 Å². The van der Waals surface area contributed by atoms with Crippen molar-refractivity contribution < 1.29 is 4.79 Å². The summed E-state index contributed by atoms with van der Waals surface area (Å²) in [5.74, 6) is 1.50. The normalized spacial score (nSPS) is 26.9. The molecule has 3 heteroatoms. The number of nitrogens with two attached hydrogens (primary N) is 1. The Labute approximate surface area is 115 Å². The summed E-state index contributed by atoms with van der Waals surface area (Å²) >= 11 is 0. The minimum Gasteiger partial charge on any atom is -0.398 e. The van der Waals surface area contributed by atoms with Crippen LogP contribution in [-0.4, -0.2) is 11.9 Å². The zero-order valence-corrected chi connectivity index (χ0v) is 11.9. The largest absolute Gasteiger partial charge is 0.398 e. The second-order valence-electron chi connectivity index (χ2n) is 6.06. The summed E-state index contributed by atoms with van der Waals surface area (Å²) in [4.78, 5) is 12.1. The van der Waals surface area contributed by atoms with E-state index in [4.69, 9.17) is 5.73 Å². The quantitative estimate of drug-likeness (QED) is 0.821. The number of anilines is 1. The number of nitrogen functional groups attached to an aromatic ring is 1. The summed E-state index contributed by atoms with van der Waals surface area (Å²) in [6, 6.07) is 7.90. The van der Waals surface area contributed by atoms with E-state index in [9.17, 15) is 4.79 Å². The van der Waals surface area contributed by atoms with Crippen LogP contribution in [0.15, 0.2) is 24.3 Å². The molecule has 0 heterocycles. The molecule has 3 nitrogen and oxygen atoms in total. The lowest BCUT2D eigenvalue weighted by atomic mass is 9.80. The van der Waals surface area contributed by atoms with Crippen molar-refractivity contribution in [1.82, 2.24) is 5.32 Å². The standard InChI is InChI=1S/C16H24N2O/c1-11-7-12(2)9-14(8-11)18-16(19)10-13-5-3-4-6-15(13)17/h3-6,11-12,14H,7-10,17H2,1-2H3,(H,18,19). The molecule has 1 fully saturated rings. The summed E-state index contributed by atoms with van der Waals surface area (Å²) in [5.41, 5.74) is 7.48. The maximum atomic E-state index is 12.1. The average molecular weight is 260 g/mol. The molecule has 0 aliphatic heterocycles. The fourth-order valence-corrected chi connectivity index (χ4v) is 3.21. The van der Waals surface area contributed by atoms with Gasteiger partial charge in [-0.3, -0.25) is 4.79 Å². The van der Waals surface area contributed by atoms with Crippen molar-refractivity contribution in [3.63, 3.8) is 0 Å². The Bertz CT molecular complexity index is 434. The molecule has 3 N–H and O–H groups in total. The van der Waals surface area contributed by atoms with Gasteiger partial charge in [0.2, 0.25) is 5.91 Å². The molecule has 19 heavy (non-hydrogen) atoms. The predicted molar refractivity (Wildman–Crippen MR) is 78.7 cm³/mol. The number of para-hydroxylation sites is 1. The first-order valence-corrected chi connectivity index (χ1v) is 7.17. The van der Waals surface area contributed by atoms with E-state index in [1.807, 2.05) is 24.3 Å². The molecule has 0 aromatic heterocycles. The van der Waals surface area contributed by atoms with E-state index >= 15 is 0 Å². The Balaban J connectivity index is 1.89. The minimum atomic E-state index is 0.0872. The molecule has 1 aromatic carbocycles. The van der Waals surface area contributed by atoms with Crippen LogP contribution in [-0.2, 0) is 11.2 Å². The molecule has 1 aromatic rings. The molecular weight excluding hydrogens is 236 g/mol. The SMILES string of the molecule is CC1CC(C)CC(NC(=O)Cc2ccccc2N)C1. The molecule has 2 atom stereocenters. The van der Waals surface area contributed by atoms with Crippen LogP contribution < -0.4 is 11.1 Å². The van der Waals surface area contributed by atoms with E-state index in [2.05, 4.69) is 19.2 Å². The van der Waals surface area contributed by atoms with Gasteiger partial charge in [0, 0.05) is 11.7 Å². The van der Waals surface area contributed by atoms with E-state index in [0.717, 1.165) is 18.4 Å². The fraction of sp³-hybridized carbons (Fsp3) is 0.562. The molecular formula is C16H24N2O. The Morgan fingerprint density at radius 3 is 2.47 bits per heavy atom. The van der Waals surface area contributed by atoms with Gasteiger partial charge in [-0.05, 0) is 42.7 Å². The van der Waals surface area contributed by atoms with Gasteiger partial charge in [0.1, 0.15) is 0 Å². The van der Waals surface area contributed by atoms with Crippen molar-refractivity contribution in [3.05, 3.63) is 29.8 Å². The van der Waals surface area contributed by atoms with Gasteiger partial charge in [0.05, 0.1) is 6.42 Å². The number of rotatable bonds is 3. The highest BCUT2D eigenvalue weighted by molar-refractivity contribution is 5.80. The Morgan fingerprint density at radius 2 is 1.84 bits per heavy atom. The minimum absolute atomic E-state index is 0.0872. The monoisotopic (exact) mass is 260 g/mol. The van der Waals surface area contributed by atoms with Crippen molar-refractivity contribution in [1.29, 1.82) is 0 Å². The van der Waals surface area contributed by atoms with Crippen molar-refractivity contribution in [2.45, 2.75) is 45.6 Å². The third kappa shape index (κ3) is 3.98. The maximum Gasteiger partial charge on any atom is 0.224 e. The first-order valence-electron chi connectivity index (χ1n) is 7.17. The molecule has 1 aliphatic carbocycles. The van der Waals surface area contributed by atoms with Crippen molar-refractivity contribution in [2.75, 3.05) is 5.73 Å². The van der Waals surface area contributed by atoms with Gasteiger partial charge in [0.25, 0.3) is 0 Å². The van der Waals surface area contributed by atoms with E-state index in [-0.39, 0.29) is 5.91 Å². The number of carbonyl (C=O) groups is 1. The Hall–Kier alpha value is -1.51. The third-order valence-electron chi connectivity index (χ3n) is 3.95. The van der Waals surface area contributed by atoms with Crippen LogP contribution in [0.4, 0.5) is 5.69 Å². The van der Waals surface area contributed by atoms with Gasteiger partial charge < -0.3 is 11.1 Å². The Kier molecular flexibility index (Phi) is 4.46. The maximum absolute atomic E-state index is 12.1. The fourth-order valence-electron chi connectivity index (χ4n) is 3.21. The molecule has 104 valence electrons. The highest BCUT2D eigenvalue weighted by Crippen LogP contribution is 2.28. The van der Waals surface area contributed by atoms with Crippen LogP contribution in [0, 0.1) is 11.8 Å². The summed E-state index contributed by atoms with van der Waals surface area (Å²) in [6.45, 7) is 4.54. The second-order valence-corrected chi connectivity index (χ2v) is 6.06. The van der Waals surface area contributed by atoms with Crippen LogP contribution in [0.25, 0.3) is 0 Å². The summed E-state index contributed by atoms with van der Waals surface area (Å²) < 4.78 is 0. The Morgan fingerprint density at radius 1 is 1.21 bits per heavy atom. The van der Waals surface area contributed by atoms with Crippen molar-refractivity contribution in [2.24, 2.45) is 11.8 Å². The lowest BCUT2D eigenvalue weighted by molar-refractivity contribution is -0.121. The van der Waals surface area contributed by atoms with Gasteiger partial charge in [-0.1, -0.05) is 32.0 Å². The molecule has 0 radical (unpaired) electrons. The number of hydrogen-bond acceptors (Lipinski definition) is 2. The first kappa shape index (κ1) is 13.9. The van der Waals surface area contributed by atoms with E-state index in [1.54, 1.807) is 0 Å². The molecule has 1 saturated carbocycles. The average Bonchev–Trinajstić information content (AvgIpc) is 2.30. The van der Waals surface area contributed by atoms with Crippen LogP contribution in [0.1, 0.15) is 38.7 Å². The lowest BCUT2D eigenvalue weighted by Gasteiger charge is -2.32. The van der Waals surface area contributed by atoms with E-state index in [1.165, 1.54) is 6.42 Å². The second kappa shape index (κ2) is 6.09. The number of carbonyl (C=O) groups excluding carboxylic acids is 1. The lowest BCUT2D eigenvalue weighted by Crippen LogP contribution is -2.40.